The van der Waals surface area contributed by atoms with Crippen LogP contribution in [-0.4, -0.2) is 23.5 Å². The monoisotopic (exact) mass is 519 g/mol. The third-order valence-electron chi connectivity index (χ3n) is 4.79. The average molecular weight is 520 g/mol. The van der Waals surface area contributed by atoms with E-state index < -0.39 is 5.91 Å². The second-order valence-electron chi connectivity index (χ2n) is 7.51. The SMILES string of the molecule is Cc1ccc(C)c(NC(=O)COc2ccc(Br)cc2/C=C(\C#N)C(=O)Nc2ccc(O)cc2)c1. The Morgan fingerprint density at radius 3 is 2.50 bits per heavy atom. The lowest BCUT2D eigenvalue weighted by atomic mass is 10.1. The molecule has 7 nitrogen and oxygen atoms in total. The number of hydrogen-bond acceptors (Lipinski definition) is 5. The van der Waals surface area contributed by atoms with E-state index >= 15 is 0 Å². The number of anilines is 2. The van der Waals surface area contributed by atoms with Crippen molar-refractivity contribution in [3.8, 4) is 17.6 Å². The second-order valence-corrected chi connectivity index (χ2v) is 8.42. The fraction of sp³-hybridized carbons (Fsp3) is 0.115. The molecule has 0 atom stereocenters. The molecule has 0 spiro atoms. The molecule has 0 saturated carbocycles. The number of benzene rings is 3. The van der Waals surface area contributed by atoms with Gasteiger partial charge in [0.05, 0.1) is 0 Å². The summed E-state index contributed by atoms with van der Waals surface area (Å²) in [4.78, 5) is 25.0. The Kier molecular flexibility index (Phi) is 8.06. The van der Waals surface area contributed by atoms with E-state index in [4.69, 9.17) is 4.74 Å². The summed E-state index contributed by atoms with van der Waals surface area (Å²) in [5.41, 5.74) is 3.39. The van der Waals surface area contributed by atoms with Crippen molar-refractivity contribution < 1.29 is 19.4 Å². The molecule has 0 heterocycles. The number of carbonyl (C=O) groups is 2. The smallest absolute Gasteiger partial charge is 0.266 e. The highest BCUT2D eigenvalue weighted by Crippen LogP contribution is 2.26. The number of carbonyl (C=O) groups excluding carboxylic acids is 2. The van der Waals surface area contributed by atoms with Gasteiger partial charge in [0.2, 0.25) is 0 Å². The van der Waals surface area contributed by atoms with Gasteiger partial charge in [-0.1, -0.05) is 28.1 Å². The van der Waals surface area contributed by atoms with E-state index in [-0.39, 0.29) is 23.8 Å². The van der Waals surface area contributed by atoms with Crippen LogP contribution in [0.5, 0.6) is 11.5 Å². The molecule has 8 heteroatoms. The number of ether oxygens (including phenoxy) is 1. The standard InChI is InChI=1S/C26H22BrN3O4/c1-16-3-4-17(2)23(11-16)30-25(32)15-34-24-10-5-20(27)13-18(24)12-19(14-28)26(33)29-21-6-8-22(31)9-7-21/h3-13,31H,15H2,1-2H3,(H,29,33)(H,30,32)/b19-12+. The molecular weight excluding hydrogens is 498 g/mol. The highest BCUT2D eigenvalue weighted by molar-refractivity contribution is 9.10. The fourth-order valence-corrected chi connectivity index (χ4v) is 3.39. The molecule has 0 unspecified atom stereocenters. The quantitative estimate of drug-likeness (QED) is 0.221. The van der Waals surface area contributed by atoms with E-state index in [2.05, 4.69) is 26.6 Å². The molecule has 0 aliphatic rings. The van der Waals surface area contributed by atoms with Gasteiger partial charge in [0.15, 0.2) is 6.61 Å². The number of hydrogen-bond donors (Lipinski definition) is 3. The number of aryl methyl sites for hydroxylation is 2. The lowest BCUT2D eigenvalue weighted by Gasteiger charge is -2.12. The maximum Gasteiger partial charge on any atom is 0.266 e. The van der Waals surface area contributed by atoms with E-state index in [1.807, 2.05) is 38.1 Å². The van der Waals surface area contributed by atoms with Crippen molar-refractivity contribution in [3.63, 3.8) is 0 Å². The van der Waals surface area contributed by atoms with Crippen LogP contribution in [0.15, 0.2) is 70.7 Å². The summed E-state index contributed by atoms with van der Waals surface area (Å²) in [5.74, 6) is -0.556. The van der Waals surface area contributed by atoms with Crippen LogP contribution in [0.2, 0.25) is 0 Å². The molecule has 3 rings (SSSR count). The number of nitrogens with zero attached hydrogens (tertiary/aromatic N) is 1. The summed E-state index contributed by atoms with van der Waals surface area (Å²) in [7, 11) is 0. The van der Waals surface area contributed by atoms with Crippen LogP contribution in [0.25, 0.3) is 6.08 Å². The van der Waals surface area contributed by atoms with Gasteiger partial charge in [-0.2, -0.15) is 5.26 Å². The lowest BCUT2D eigenvalue weighted by Crippen LogP contribution is -2.21. The minimum Gasteiger partial charge on any atom is -0.508 e. The van der Waals surface area contributed by atoms with Gasteiger partial charge in [0.1, 0.15) is 23.1 Å². The molecular formula is C26H22BrN3O4. The molecule has 0 fully saturated rings. The summed E-state index contributed by atoms with van der Waals surface area (Å²) in [6, 6.07) is 18.6. The first-order chi connectivity index (χ1) is 16.2. The van der Waals surface area contributed by atoms with Crippen molar-refractivity contribution >= 4 is 45.2 Å². The Bertz CT molecular complexity index is 1290. The van der Waals surface area contributed by atoms with Gasteiger partial charge in [-0.25, -0.2) is 0 Å². The van der Waals surface area contributed by atoms with Crippen molar-refractivity contribution in [1.29, 1.82) is 5.26 Å². The van der Waals surface area contributed by atoms with Gasteiger partial charge in [-0.05, 0) is 79.6 Å². The normalized spacial score (nSPS) is 10.8. The first-order valence-corrected chi connectivity index (χ1v) is 11.1. The van der Waals surface area contributed by atoms with Crippen LogP contribution in [0.4, 0.5) is 11.4 Å². The Balaban J connectivity index is 1.75. The number of aromatic hydroxyl groups is 1. The highest BCUT2D eigenvalue weighted by Gasteiger charge is 2.13. The number of nitriles is 1. The topological polar surface area (TPSA) is 111 Å². The van der Waals surface area contributed by atoms with Crippen molar-refractivity contribution in [2.24, 2.45) is 0 Å². The summed E-state index contributed by atoms with van der Waals surface area (Å²) in [6.07, 6.45) is 1.39. The molecule has 0 radical (unpaired) electrons. The predicted molar refractivity (Wildman–Crippen MR) is 135 cm³/mol. The summed E-state index contributed by atoms with van der Waals surface area (Å²) in [5, 5.41) is 24.3. The van der Waals surface area contributed by atoms with Gasteiger partial charge < -0.3 is 20.5 Å². The number of phenols is 1. The zero-order chi connectivity index (χ0) is 24.7. The molecule has 0 bridgehead atoms. The van der Waals surface area contributed by atoms with E-state index in [9.17, 15) is 20.0 Å². The summed E-state index contributed by atoms with van der Waals surface area (Å²) in [6.45, 7) is 3.59. The van der Waals surface area contributed by atoms with Crippen LogP contribution in [0.1, 0.15) is 16.7 Å². The number of nitrogens with one attached hydrogen (secondary N) is 2. The summed E-state index contributed by atoms with van der Waals surface area (Å²) < 4.78 is 6.42. The minimum absolute atomic E-state index is 0.0616. The largest absolute Gasteiger partial charge is 0.508 e. The number of rotatable bonds is 7. The molecule has 172 valence electrons. The van der Waals surface area contributed by atoms with E-state index in [0.29, 0.717) is 27.2 Å². The molecule has 0 aromatic heterocycles. The van der Waals surface area contributed by atoms with E-state index in [1.54, 1.807) is 18.2 Å². The first kappa shape index (κ1) is 24.6. The second kappa shape index (κ2) is 11.2. The number of amides is 2. The maximum absolute atomic E-state index is 12.6. The van der Waals surface area contributed by atoms with Crippen LogP contribution in [-0.2, 0) is 9.59 Å². The Morgan fingerprint density at radius 1 is 1.06 bits per heavy atom. The van der Waals surface area contributed by atoms with Crippen molar-refractivity contribution in [2.75, 3.05) is 17.2 Å². The van der Waals surface area contributed by atoms with Crippen LogP contribution in [0.3, 0.4) is 0 Å². The molecule has 3 aromatic rings. The third kappa shape index (κ3) is 6.70. The molecule has 0 aliphatic heterocycles. The Hall–Kier alpha value is -4.09. The van der Waals surface area contributed by atoms with Crippen molar-refractivity contribution in [2.45, 2.75) is 13.8 Å². The van der Waals surface area contributed by atoms with Crippen LogP contribution < -0.4 is 15.4 Å². The van der Waals surface area contributed by atoms with Gasteiger partial charge in [-0.3, -0.25) is 9.59 Å². The molecule has 3 aromatic carbocycles. The average Bonchev–Trinajstić information content (AvgIpc) is 2.80. The van der Waals surface area contributed by atoms with Crippen LogP contribution in [0, 0.1) is 25.2 Å². The lowest BCUT2D eigenvalue weighted by molar-refractivity contribution is -0.118. The maximum atomic E-state index is 12.6. The number of halogens is 1. The van der Waals surface area contributed by atoms with E-state index in [1.165, 1.54) is 30.3 Å². The van der Waals surface area contributed by atoms with Gasteiger partial charge >= 0.3 is 0 Å². The Labute approximate surface area is 205 Å². The highest BCUT2D eigenvalue weighted by atomic mass is 79.9. The van der Waals surface area contributed by atoms with Gasteiger partial charge in [-0.15, -0.1) is 0 Å². The molecule has 2 amide bonds. The van der Waals surface area contributed by atoms with Gasteiger partial charge in [0, 0.05) is 21.4 Å². The number of phenolic OH excluding ortho intramolecular Hbond substituents is 1. The zero-order valence-electron chi connectivity index (χ0n) is 18.6. The molecule has 3 N–H and O–H groups in total. The van der Waals surface area contributed by atoms with Crippen molar-refractivity contribution in [1.82, 2.24) is 0 Å². The van der Waals surface area contributed by atoms with Crippen LogP contribution >= 0.6 is 15.9 Å². The molecule has 34 heavy (non-hydrogen) atoms. The summed E-state index contributed by atoms with van der Waals surface area (Å²) >= 11 is 3.37. The first-order valence-electron chi connectivity index (χ1n) is 10.3. The van der Waals surface area contributed by atoms with Crippen molar-refractivity contribution in [3.05, 3.63) is 87.4 Å². The van der Waals surface area contributed by atoms with Gasteiger partial charge in [0.25, 0.3) is 11.8 Å². The Morgan fingerprint density at radius 2 is 1.79 bits per heavy atom. The van der Waals surface area contributed by atoms with E-state index in [0.717, 1.165) is 11.1 Å². The zero-order valence-corrected chi connectivity index (χ0v) is 20.1. The predicted octanol–water partition coefficient (Wildman–Crippen LogP) is 5.33. The molecule has 0 aliphatic carbocycles. The minimum atomic E-state index is -0.619. The third-order valence-corrected chi connectivity index (χ3v) is 5.28. The fourth-order valence-electron chi connectivity index (χ4n) is 3.01. The molecule has 0 saturated heterocycles.